The van der Waals surface area contributed by atoms with Crippen LogP contribution in [0.4, 0.5) is 0 Å². The van der Waals surface area contributed by atoms with Gasteiger partial charge in [0.25, 0.3) is 0 Å². The van der Waals surface area contributed by atoms with E-state index in [4.69, 9.17) is 0 Å². The SMILES string of the molecule is CCCCCCCCCCCCCCCCCCCCCCCCCCCCCCCBr. The molecule has 0 aliphatic rings. The lowest BCUT2D eigenvalue weighted by Crippen LogP contribution is -1.85. The molecule has 0 saturated heterocycles. The van der Waals surface area contributed by atoms with Crippen LogP contribution < -0.4 is 0 Å². The second-order valence-electron chi connectivity index (χ2n) is 10.6. The van der Waals surface area contributed by atoms with Crippen molar-refractivity contribution in [1.29, 1.82) is 0 Å². The third-order valence-corrected chi connectivity index (χ3v) is 7.80. The van der Waals surface area contributed by atoms with E-state index in [2.05, 4.69) is 22.9 Å². The van der Waals surface area contributed by atoms with E-state index in [1.54, 1.807) is 0 Å². The lowest BCUT2D eigenvalue weighted by Gasteiger charge is -2.04. The third-order valence-electron chi connectivity index (χ3n) is 7.24. The Bertz CT molecular complexity index is 271. The number of unbranched alkanes of at least 4 members (excludes halogenated alkanes) is 28. The lowest BCUT2D eigenvalue weighted by atomic mass is 10.0. The Morgan fingerprint density at radius 1 is 0.250 bits per heavy atom. The molecule has 0 unspecified atom stereocenters. The highest BCUT2D eigenvalue weighted by Gasteiger charge is 1.96. The molecular weight excluding hydrogens is 452 g/mol. The fourth-order valence-corrected chi connectivity index (χ4v) is 5.34. The summed E-state index contributed by atoms with van der Waals surface area (Å²) < 4.78 is 0. The maximum atomic E-state index is 3.52. The van der Waals surface area contributed by atoms with Gasteiger partial charge in [0.1, 0.15) is 0 Å². The average molecular weight is 516 g/mol. The molecule has 0 heterocycles. The van der Waals surface area contributed by atoms with Gasteiger partial charge in [0.05, 0.1) is 0 Å². The van der Waals surface area contributed by atoms with Gasteiger partial charge in [-0.1, -0.05) is 203 Å². The van der Waals surface area contributed by atoms with Crippen LogP contribution in [-0.4, -0.2) is 5.33 Å². The fraction of sp³-hybridized carbons (Fsp3) is 1.00. The van der Waals surface area contributed by atoms with Gasteiger partial charge in [0.15, 0.2) is 0 Å². The Hall–Kier alpha value is 0.480. The minimum absolute atomic E-state index is 1.19. The van der Waals surface area contributed by atoms with E-state index in [0.29, 0.717) is 0 Å². The number of hydrogen-bond acceptors (Lipinski definition) is 0. The van der Waals surface area contributed by atoms with Gasteiger partial charge >= 0.3 is 0 Å². The summed E-state index contributed by atoms with van der Waals surface area (Å²) >= 11 is 3.52. The predicted molar refractivity (Wildman–Crippen MR) is 153 cm³/mol. The van der Waals surface area contributed by atoms with E-state index in [1.165, 1.54) is 192 Å². The summed E-state index contributed by atoms with van der Waals surface area (Å²) in [6.45, 7) is 2.31. The molecule has 0 saturated carbocycles. The number of hydrogen-bond donors (Lipinski definition) is 0. The first-order valence-electron chi connectivity index (χ1n) is 15.5. The third kappa shape index (κ3) is 30.5. The Morgan fingerprint density at radius 2 is 0.406 bits per heavy atom. The molecule has 0 nitrogen and oxygen atoms in total. The van der Waals surface area contributed by atoms with Crippen LogP contribution in [0.25, 0.3) is 0 Å². The van der Waals surface area contributed by atoms with Crippen LogP contribution in [0.15, 0.2) is 0 Å². The Morgan fingerprint density at radius 3 is 0.562 bits per heavy atom. The van der Waals surface area contributed by atoms with Crippen molar-refractivity contribution in [1.82, 2.24) is 0 Å². The highest BCUT2D eigenvalue weighted by molar-refractivity contribution is 9.09. The smallest absolute Gasteiger partial charge is 0.00313 e. The predicted octanol–water partition coefficient (Wildman–Crippen LogP) is 12.7. The van der Waals surface area contributed by atoms with E-state index in [-0.39, 0.29) is 0 Å². The Kier molecular flexibility index (Phi) is 32.0. The second kappa shape index (κ2) is 31.5. The van der Waals surface area contributed by atoms with E-state index in [0.717, 1.165) is 0 Å². The minimum atomic E-state index is 1.19. The van der Waals surface area contributed by atoms with Gasteiger partial charge in [0.2, 0.25) is 0 Å². The molecule has 0 aromatic heterocycles. The topological polar surface area (TPSA) is 0 Å². The van der Waals surface area contributed by atoms with Gasteiger partial charge in [-0.15, -0.1) is 0 Å². The van der Waals surface area contributed by atoms with Crippen LogP contribution in [0.3, 0.4) is 0 Å². The zero-order valence-electron chi connectivity index (χ0n) is 22.6. The maximum Gasteiger partial charge on any atom is 0.00313 e. The summed E-state index contributed by atoms with van der Waals surface area (Å²) in [6, 6.07) is 0. The highest BCUT2D eigenvalue weighted by atomic mass is 79.9. The summed E-state index contributed by atoms with van der Waals surface area (Å²) in [6.07, 6.45) is 42.7. The van der Waals surface area contributed by atoms with Crippen molar-refractivity contribution in [2.45, 2.75) is 193 Å². The highest BCUT2D eigenvalue weighted by Crippen LogP contribution is 2.16. The van der Waals surface area contributed by atoms with Gasteiger partial charge in [-0.25, -0.2) is 0 Å². The monoisotopic (exact) mass is 514 g/mol. The molecule has 0 radical (unpaired) electrons. The van der Waals surface area contributed by atoms with E-state index < -0.39 is 0 Å². The zero-order valence-corrected chi connectivity index (χ0v) is 24.2. The second-order valence-corrected chi connectivity index (χ2v) is 11.4. The fourth-order valence-electron chi connectivity index (χ4n) is 4.94. The van der Waals surface area contributed by atoms with Crippen molar-refractivity contribution in [3.63, 3.8) is 0 Å². The molecule has 0 aliphatic heterocycles. The van der Waals surface area contributed by atoms with Crippen molar-refractivity contribution in [3.8, 4) is 0 Å². The molecule has 0 fully saturated rings. The molecular formula is C31H63Br. The quantitative estimate of drug-likeness (QED) is 0.0686. The number of rotatable bonds is 29. The molecule has 0 rings (SSSR count). The molecule has 0 bridgehead atoms. The van der Waals surface area contributed by atoms with Gasteiger partial charge in [-0.3, -0.25) is 0 Å². The van der Waals surface area contributed by atoms with Crippen LogP contribution in [-0.2, 0) is 0 Å². The first kappa shape index (κ1) is 32.5. The van der Waals surface area contributed by atoms with Gasteiger partial charge in [-0.05, 0) is 6.42 Å². The summed E-state index contributed by atoms with van der Waals surface area (Å²) in [7, 11) is 0. The molecule has 0 spiro atoms. The van der Waals surface area contributed by atoms with Crippen LogP contribution in [0, 0.1) is 0 Å². The summed E-state index contributed by atoms with van der Waals surface area (Å²) in [5, 5.41) is 1.19. The molecule has 0 atom stereocenters. The molecule has 32 heavy (non-hydrogen) atoms. The maximum absolute atomic E-state index is 3.52. The zero-order chi connectivity index (χ0) is 23.2. The van der Waals surface area contributed by atoms with Crippen LogP contribution >= 0.6 is 15.9 Å². The van der Waals surface area contributed by atoms with Crippen molar-refractivity contribution < 1.29 is 0 Å². The molecule has 0 aromatic rings. The Balaban J connectivity index is 2.98. The summed E-state index contributed by atoms with van der Waals surface area (Å²) in [4.78, 5) is 0. The standard InChI is InChI=1S/C31H63Br/c1-2-3-4-5-6-7-8-9-10-11-12-13-14-15-16-17-18-19-20-21-22-23-24-25-26-27-28-29-30-31-32/h2-31H2,1H3. The first-order valence-corrected chi connectivity index (χ1v) is 16.6. The van der Waals surface area contributed by atoms with Crippen molar-refractivity contribution in [2.75, 3.05) is 5.33 Å². The van der Waals surface area contributed by atoms with Gasteiger partial charge in [-0.2, -0.15) is 0 Å². The minimum Gasteiger partial charge on any atom is -0.0928 e. The van der Waals surface area contributed by atoms with Gasteiger partial charge < -0.3 is 0 Å². The molecule has 0 aliphatic carbocycles. The first-order chi connectivity index (χ1) is 15.9. The van der Waals surface area contributed by atoms with Crippen LogP contribution in [0.2, 0.25) is 0 Å². The average Bonchev–Trinajstić information content (AvgIpc) is 2.81. The van der Waals surface area contributed by atoms with Crippen molar-refractivity contribution in [3.05, 3.63) is 0 Å². The summed E-state index contributed by atoms with van der Waals surface area (Å²) in [5.41, 5.74) is 0. The largest absolute Gasteiger partial charge is 0.0928 e. The van der Waals surface area contributed by atoms with E-state index in [9.17, 15) is 0 Å². The van der Waals surface area contributed by atoms with Crippen molar-refractivity contribution >= 4 is 15.9 Å². The van der Waals surface area contributed by atoms with E-state index in [1.807, 2.05) is 0 Å². The number of halogens is 1. The molecule has 0 aromatic carbocycles. The van der Waals surface area contributed by atoms with E-state index >= 15 is 0 Å². The van der Waals surface area contributed by atoms with Crippen LogP contribution in [0.5, 0.6) is 0 Å². The van der Waals surface area contributed by atoms with Gasteiger partial charge in [0, 0.05) is 5.33 Å². The molecule has 1 heteroatoms. The van der Waals surface area contributed by atoms with Crippen molar-refractivity contribution in [2.24, 2.45) is 0 Å². The summed E-state index contributed by atoms with van der Waals surface area (Å²) in [5.74, 6) is 0. The lowest BCUT2D eigenvalue weighted by molar-refractivity contribution is 0.514. The normalized spacial score (nSPS) is 11.4. The molecule has 0 amide bonds. The van der Waals surface area contributed by atoms with Crippen LogP contribution in [0.1, 0.15) is 193 Å². The Labute approximate surface area is 214 Å². The molecule has 0 N–H and O–H groups in total. The molecule has 194 valence electrons. The number of alkyl halides is 1.